The molecule has 3 nitrogen and oxygen atoms in total. The number of rotatable bonds is 1. The molecular formula is C10H13N2O+. The molecule has 2 unspecified atom stereocenters. The van der Waals surface area contributed by atoms with E-state index in [0.717, 1.165) is 10.2 Å². The lowest BCUT2D eigenvalue weighted by molar-refractivity contribution is -0.752. The van der Waals surface area contributed by atoms with Crippen LogP contribution in [0.1, 0.15) is 11.8 Å². The Morgan fingerprint density at radius 1 is 1.54 bits per heavy atom. The van der Waals surface area contributed by atoms with Crippen molar-refractivity contribution in [3.63, 3.8) is 0 Å². The molecule has 3 atom stereocenters. The van der Waals surface area contributed by atoms with E-state index in [4.69, 9.17) is 4.42 Å². The van der Waals surface area contributed by atoms with Crippen LogP contribution in [0.25, 0.3) is 0 Å². The van der Waals surface area contributed by atoms with Gasteiger partial charge < -0.3 is 9.32 Å². The smallest absolute Gasteiger partial charge is 0.230 e. The molecule has 1 saturated heterocycles. The van der Waals surface area contributed by atoms with Gasteiger partial charge in [-0.15, -0.1) is 0 Å². The van der Waals surface area contributed by atoms with Crippen molar-refractivity contribution in [1.29, 1.82) is 0 Å². The highest BCUT2D eigenvalue weighted by molar-refractivity contribution is 5.14. The van der Waals surface area contributed by atoms with Gasteiger partial charge in [0.05, 0.1) is 19.5 Å². The summed E-state index contributed by atoms with van der Waals surface area (Å²) in [5, 5.41) is 0. The summed E-state index contributed by atoms with van der Waals surface area (Å²) >= 11 is 0. The quantitative estimate of drug-likeness (QED) is 0.477. The third kappa shape index (κ3) is 0.728. The zero-order chi connectivity index (χ0) is 9.05. The van der Waals surface area contributed by atoms with Gasteiger partial charge in [0.2, 0.25) is 12.2 Å². The molecule has 0 N–H and O–H groups in total. The van der Waals surface area contributed by atoms with E-state index in [1.54, 1.807) is 6.26 Å². The highest BCUT2D eigenvalue weighted by Crippen LogP contribution is 2.55. The molecule has 1 aromatic rings. The van der Waals surface area contributed by atoms with E-state index in [1.165, 1.54) is 0 Å². The fourth-order valence-electron chi connectivity index (χ4n) is 2.46. The highest BCUT2D eigenvalue weighted by atomic mass is 16.3. The monoisotopic (exact) mass is 177 g/mol. The van der Waals surface area contributed by atoms with Gasteiger partial charge >= 0.3 is 0 Å². The predicted molar refractivity (Wildman–Crippen MR) is 48.3 cm³/mol. The van der Waals surface area contributed by atoms with E-state index >= 15 is 0 Å². The minimum absolute atomic E-state index is 0.505. The fourth-order valence-corrected chi connectivity index (χ4v) is 2.46. The Hall–Kier alpha value is -1.22. The molecular weight excluding hydrogens is 164 g/mol. The van der Waals surface area contributed by atoms with E-state index in [9.17, 15) is 0 Å². The average molecular weight is 177 g/mol. The zero-order valence-corrected chi connectivity index (χ0v) is 7.84. The summed E-state index contributed by atoms with van der Waals surface area (Å²) in [6, 6.07) is 4.53. The van der Waals surface area contributed by atoms with Crippen LogP contribution in [-0.4, -0.2) is 29.6 Å². The largest absolute Gasteiger partial charge is 0.463 e. The number of nitrogens with zero attached hydrogens (tertiary/aromatic N) is 2. The van der Waals surface area contributed by atoms with Crippen LogP contribution in [0.3, 0.4) is 0 Å². The Kier molecular flexibility index (Phi) is 1.10. The first-order chi connectivity index (χ1) is 6.23. The third-order valence-corrected chi connectivity index (χ3v) is 3.24. The van der Waals surface area contributed by atoms with Crippen LogP contribution >= 0.6 is 0 Å². The molecule has 2 aliphatic rings. The van der Waals surface area contributed by atoms with Crippen molar-refractivity contribution in [2.45, 2.75) is 12.2 Å². The van der Waals surface area contributed by atoms with E-state index in [0.29, 0.717) is 12.2 Å². The summed E-state index contributed by atoms with van der Waals surface area (Å²) in [6.45, 7) is 0. The van der Waals surface area contributed by atoms with Gasteiger partial charge in [-0.25, -0.2) is 0 Å². The van der Waals surface area contributed by atoms with Gasteiger partial charge in [-0.05, 0) is 12.1 Å². The molecule has 2 aliphatic heterocycles. The van der Waals surface area contributed by atoms with E-state index in [2.05, 4.69) is 37.5 Å². The molecule has 13 heavy (non-hydrogen) atoms. The van der Waals surface area contributed by atoms with Gasteiger partial charge in [0.25, 0.3) is 0 Å². The molecule has 3 heterocycles. The lowest BCUT2D eigenvalue weighted by Crippen LogP contribution is -2.18. The maximum absolute atomic E-state index is 5.43. The van der Waals surface area contributed by atoms with Gasteiger partial charge in [-0.1, -0.05) is 0 Å². The average Bonchev–Trinajstić information content (AvgIpc) is 2.57. The molecule has 1 fully saturated rings. The van der Waals surface area contributed by atoms with Gasteiger partial charge in [0, 0.05) is 7.05 Å². The molecule has 0 amide bonds. The second kappa shape index (κ2) is 1.99. The Morgan fingerprint density at radius 3 is 2.92 bits per heavy atom. The summed E-state index contributed by atoms with van der Waals surface area (Å²) in [7, 11) is 4.35. The van der Waals surface area contributed by atoms with Crippen LogP contribution in [0.2, 0.25) is 0 Å². The maximum atomic E-state index is 5.43. The second-order valence-corrected chi connectivity index (χ2v) is 4.06. The lowest BCUT2D eigenvalue weighted by atomic mass is 10.3. The van der Waals surface area contributed by atoms with E-state index in [-0.39, 0.29) is 0 Å². The SMILES string of the molecule is CN1C=C[N+]2(C)C(c3ccco3)[C@H]12. The highest BCUT2D eigenvalue weighted by Gasteiger charge is 2.69. The number of quaternary nitrogens is 1. The Bertz CT molecular complexity index is 357. The summed E-state index contributed by atoms with van der Waals surface area (Å²) in [5.74, 6) is 1.10. The minimum atomic E-state index is 0.505. The molecule has 68 valence electrons. The molecule has 0 spiro atoms. The molecule has 0 radical (unpaired) electrons. The predicted octanol–water partition coefficient (Wildman–Crippen LogP) is 1.52. The first-order valence-corrected chi connectivity index (χ1v) is 4.54. The molecule has 0 saturated carbocycles. The van der Waals surface area contributed by atoms with Crippen LogP contribution in [0.5, 0.6) is 0 Å². The molecule has 3 heteroatoms. The Morgan fingerprint density at radius 2 is 2.38 bits per heavy atom. The topological polar surface area (TPSA) is 16.4 Å². The first-order valence-electron chi connectivity index (χ1n) is 4.54. The zero-order valence-electron chi connectivity index (χ0n) is 7.84. The van der Waals surface area contributed by atoms with Crippen LogP contribution in [-0.2, 0) is 0 Å². The standard InChI is InChI=1S/C10H13N2O/c1-11-5-6-12(2)9(10(11)12)8-4-3-7-13-8/h3-7,9-10H,1-2H3/q+1/t9?,10-,12?/m1/s1. The van der Waals surface area contributed by atoms with Crippen LogP contribution in [0.15, 0.2) is 35.2 Å². The van der Waals surface area contributed by atoms with Crippen molar-refractivity contribution in [2.75, 3.05) is 14.1 Å². The van der Waals surface area contributed by atoms with Crippen molar-refractivity contribution in [1.82, 2.24) is 4.90 Å². The van der Waals surface area contributed by atoms with Crippen molar-refractivity contribution in [2.24, 2.45) is 0 Å². The van der Waals surface area contributed by atoms with Crippen LogP contribution in [0, 0.1) is 0 Å². The Labute approximate surface area is 77.4 Å². The summed E-state index contributed by atoms with van der Waals surface area (Å²) in [4.78, 5) is 2.26. The van der Waals surface area contributed by atoms with Crippen LogP contribution < -0.4 is 0 Å². The first kappa shape index (κ1) is 7.21. The molecule has 0 aromatic carbocycles. The van der Waals surface area contributed by atoms with Gasteiger partial charge in [0.1, 0.15) is 6.20 Å². The lowest BCUT2D eigenvalue weighted by Gasteiger charge is -2.02. The summed E-state index contributed by atoms with van der Waals surface area (Å²) < 4.78 is 6.41. The molecule has 0 aliphatic carbocycles. The summed E-state index contributed by atoms with van der Waals surface area (Å²) in [6.07, 6.45) is 6.69. The number of fused-ring (bicyclic) bond motifs is 1. The van der Waals surface area contributed by atoms with Crippen molar-refractivity contribution in [3.05, 3.63) is 36.6 Å². The second-order valence-electron chi connectivity index (χ2n) is 4.06. The van der Waals surface area contributed by atoms with Crippen molar-refractivity contribution in [3.8, 4) is 0 Å². The third-order valence-electron chi connectivity index (χ3n) is 3.24. The van der Waals surface area contributed by atoms with Crippen molar-refractivity contribution < 1.29 is 8.90 Å². The number of likely N-dealkylation sites (N-methyl/N-ethyl adjacent to an activating group) is 2. The number of furan rings is 1. The normalized spacial score (nSPS) is 40.9. The summed E-state index contributed by atoms with van der Waals surface area (Å²) in [5.41, 5.74) is 0. The van der Waals surface area contributed by atoms with E-state index < -0.39 is 0 Å². The van der Waals surface area contributed by atoms with Gasteiger partial charge in [0.15, 0.2) is 5.76 Å². The van der Waals surface area contributed by atoms with Crippen LogP contribution in [0.4, 0.5) is 0 Å². The maximum Gasteiger partial charge on any atom is 0.230 e. The van der Waals surface area contributed by atoms with Gasteiger partial charge in [-0.3, -0.25) is 4.48 Å². The minimum Gasteiger partial charge on any atom is -0.463 e. The van der Waals surface area contributed by atoms with Crippen molar-refractivity contribution >= 4 is 0 Å². The molecule has 1 aromatic heterocycles. The van der Waals surface area contributed by atoms with E-state index in [1.807, 2.05) is 6.07 Å². The number of hydrogen-bond acceptors (Lipinski definition) is 2. The molecule has 0 bridgehead atoms. The number of hydrogen-bond donors (Lipinski definition) is 0. The Balaban J connectivity index is 1.96. The van der Waals surface area contributed by atoms with Gasteiger partial charge in [-0.2, -0.15) is 0 Å². The fraction of sp³-hybridized carbons (Fsp3) is 0.400. The molecule has 3 rings (SSSR count).